The number of aromatic nitrogens is 2. The number of nitrogens with zero attached hydrogens (tertiary/aromatic N) is 5. The maximum absolute atomic E-state index is 15.0. The van der Waals surface area contributed by atoms with Gasteiger partial charge in [0.25, 0.3) is 17.7 Å². The number of thioether (sulfide) groups is 1. The zero-order valence-corrected chi connectivity index (χ0v) is 63.3. The third-order valence-electron chi connectivity index (χ3n) is 18.0. The van der Waals surface area contributed by atoms with Gasteiger partial charge in [0.2, 0.25) is 11.0 Å². The average Bonchev–Trinajstić information content (AvgIpc) is 1.06. The van der Waals surface area contributed by atoms with E-state index in [-0.39, 0.29) is 66.0 Å². The Bertz CT molecular complexity index is 4220. The number of nitrogens with one attached hydrogen (secondary N) is 3. The molecule has 0 radical (unpaired) electrons. The SMILES string of the molecule is COc1ccc(COC(=O)C2=C(C[N+]34CCC(CNC(=O)c5cn(COCC[Si](C)(C)C)c6cc(OCc7ccc(OC)cc7)c(OCc7ccc(OC)cc7)cc6c5=O)(CC3)C4)[C@H](C)S[C@@H]3[C@H](NC(=O)/C(=N\OC(C)(C)C(=O)OC(C)(C)C)c4csc(NC(=O)OC(C)(C)C)n4)C(=O)N23)cc1. The normalized spacial score (nSPS) is 19.7. The standard InChI is InChI=1S/C74H92N8O17S2Si/c1-45-54(61(67(87)96-40-48-20-26-51(92-12)27-21-48)81-65(86)60(66(81)101-45)77-64(85)59(79-99-73(8,9)68(88)97-71(2,3)4)55-41-100-69(76-55)78-70(89)98-72(5,6)7)37-82-30-28-74(43-82,29-31-82)42-75-63(84)53-36-80(44-93-32-33-102(13,14)15)56-35-58(95-39-47-18-24-50(91-11)25-19-47)57(34-52(56)62(53)83)94-38-46-16-22-49(90-10)23-17-46/h16-27,34-36,41,45,60,66H,28-33,37-40,42-44H2,1-15H3,(H2-,75,76,77,78,84,85,89)/p+1/b79-59-/t45-,60+,66+,74?,82?/m0/s1. The predicted molar refractivity (Wildman–Crippen MR) is 390 cm³/mol. The van der Waals surface area contributed by atoms with Crippen molar-refractivity contribution in [2.75, 3.05) is 66.0 Å². The number of piperidine rings is 1. The van der Waals surface area contributed by atoms with E-state index in [2.05, 4.69) is 45.7 Å². The summed E-state index contributed by atoms with van der Waals surface area (Å²) in [5.41, 5.74) is -1.21. The van der Waals surface area contributed by atoms with Gasteiger partial charge >= 0.3 is 18.0 Å². The average molecular weight is 1460 g/mol. The number of benzene rings is 4. The van der Waals surface area contributed by atoms with E-state index in [1.54, 1.807) is 110 Å². The lowest BCUT2D eigenvalue weighted by molar-refractivity contribution is -0.905. The lowest BCUT2D eigenvalue weighted by Crippen LogP contribution is -2.72. The number of anilines is 1. The van der Waals surface area contributed by atoms with E-state index in [0.29, 0.717) is 82.7 Å². The molecule has 6 heterocycles. The number of ether oxygens (including phenoxy) is 9. The Morgan fingerprint density at radius 2 is 1.33 bits per heavy atom. The number of quaternary nitrogens is 1. The van der Waals surface area contributed by atoms with Gasteiger partial charge in [-0.1, -0.05) is 61.2 Å². The van der Waals surface area contributed by atoms with Gasteiger partial charge in [-0.3, -0.25) is 29.4 Å². The number of fused-ring (bicyclic) bond motifs is 4. The first-order chi connectivity index (χ1) is 48.2. The van der Waals surface area contributed by atoms with Gasteiger partial charge in [0.15, 0.2) is 22.3 Å². The van der Waals surface area contributed by atoms with Crippen molar-refractivity contribution in [1.82, 2.24) is 25.1 Å². The van der Waals surface area contributed by atoms with E-state index in [0.717, 1.165) is 41.3 Å². The van der Waals surface area contributed by atoms with Crippen molar-refractivity contribution in [3.8, 4) is 28.7 Å². The summed E-state index contributed by atoms with van der Waals surface area (Å²) >= 11 is 2.37. The highest BCUT2D eigenvalue weighted by Gasteiger charge is 2.60. The van der Waals surface area contributed by atoms with Crippen molar-refractivity contribution in [3.63, 3.8) is 0 Å². The monoisotopic (exact) mass is 1460 g/mol. The summed E-state index contributed by atoms with van der Waals surface area (Å²) in [7, 11) is 3.25. The van der Waals surface area contributed by atoms with Crippen LogP contribution in [0.1, 0.15) is 108 Å². The fraction of sp³-hybridized carbons (Fsp3) is 0.473. The second kappa shape index (κ2) is 30.9. The highest BCUT2D eigenvalue weighted by Crippen LogP contribution is 2.50. The number of hydrogen-bond donors (Lipinski definition) is 3. The number of esters is 2. The molecule has 3 saturated heterocycles. The molecule has 4 aliphatic rings. The second-order valence-electron chi connectivity index (χ2n) is 29.9. The summed E-state index contributed by atoms with van der Waals surface area (Å²) in [4.78, 5) is 112. The number of methoxy groups -OCH3 is 3. The number of hydrogen-bond acceptors (Lipinski definition) is 21. The van der Waals surface area contributed by atoms with E-state index in [9.17, 15) is 33.6 Å². The number of pyridine rings is 1. The molecule has 3 N–H and O–H groups in total. The van der Waals surface area contributed by atoms with Gasteiger partial charge in [0.1, 0.15) is 89.9 Å². The molecule has 546 valence electrons. The number of rotatable bonds is 29. The van der Waals surface area contributed by atoms with Crippen molar-refractivity contribution in [3.05, 3.63) is 146 Å². The third kappa shape index (κ3) is 18.4. The first-order valence-corrected chi connectivity index (χ1v) is 39.4. The molecule has 0 unspecified atom stereocenters. The van der Waals surface area contributed by atoms with Crippen molar-refractivity contribution in [2.45, 2.75) is 161 Å². The van der Waals surface area contributed by atoms with Crippen LogP contribution in [0.5, 0.6) is 28.7 Å². The summed E-state index contributed by atoms with van der Waals surface area (Å²) < 4.78 is 54.8. The summed E-state index contributed by atoms with van der Waals surface area (Å²) in [6.45, 7) is 25.2. The number of β-lactam (4-membered cyclic amide) rings is 1. The predicted octanol–water partition coefficient (Wildman–Crippen LogP) is 11.0. The number of amides is 4. The fourth-order valence-electron chi connectivity index (χ4n) is 12.4. The first-order valence-electron chi connectivity index (χ1n) is 33.9. The number of carbonyl (C=O) groups excluding carboxylic acids is 6. The van der Waals surface area contributed by atoms with Crippen molar-refractivity contribution in [2.24, 2.45) is 10.6 Å². The largest absolute Gasteiger partial charge is 0.497 e. The molecule has 28 heteroatoms. The molecular weight excluding hydrogens is 1370 g/mol. The van der Waals surface area contributed by atoms with Crippen molar-refractivity contribution >= 4 is 88.7 Å². The Morgan fingerprint density at radius 1 is 0.765 bits per heavy atom. The molecule has 6 aromatic rings. The zero-order valence-electron chi connectivity index (χ0n) is 60.7. The number of thiazole rings is 1. The Kier molecular flexibility index (Phi) is 23.0. The molecule has 0 aliphatic carbocycles. The van der Waals surface area contributed by atoms with Gasteiger partial charge in [0, 0.05) is 67.9 Å². The summed E-state index contributed by atoms with van der Waals surface area (Å²) in [6, 6.07) is 25.2. The maximum Gasteiger partial charge on any atom is 0.413 e. The van der Waals surface area contributed by atoms with Crippen LogP contribution in [0.2, 0.25) is 25.7 Å². The van der Waals surface area contributed by atoms with Crippen LogP contribution in [0, 0.1) is 5.41 Å². The Hall–Kier alpha value is -8.96. The number of carbonyl (C=O) groups is 6. The quantitative estimate of drug-likeness (QED) is 0.00575. The van der Waals surface area contributed by atoms with Crippen LogP contribution < -0.4 is 45.1 Å². The molecule has 4 aliphatic heterocycles. The smallest absolute Gasteiger partial charge is 0.413 e. The molecule has 0 saturated carbocycles. The van der Waals surface area contributed by atoms with Gasteiger partial charge in [-0.2, -0.15) is 0 Å². The van der Waals surface area contributed by atoms with Crippen LogP contribution in [0.25, 0.3) is 10.9 Å². The first kappa shape index (κ1) is 75.7. The van der Waals surface area contributed by atoms with E-state index in [4.69, 9.17) is 47.5 Å². The summed E-state index contributed by atoms with van der Waals surface area (Å²) in [5, 5.41) is 13.3. The minimum Gasteiger partial charge on any atom is -0.497 e. The van der Waals surface area contributed by atoms with Crippen molar-refractivity contribution < 1.29 is 80.7 Å². The molecule has 4 amide bonds. The van der Waals surface area contributed by atoms with Crippen LogP contribution in [0.15, 0.2) is 118 Å². The Balaban J connectivity index is 0.907. The lowest BCUT2D eigenvalue weighted by Gasteiger charge is -2.51. The molecule has 102 heavy (non-hydrogen) atoms. The zero-order chi connectivity index (χ0) is 73.7. The van der Waals surface area contributed by atoms with Crippen LogP contribution in [-0.4, -0.2) is 163 Å². The van der Waals surface area contributed by atoms with E-state index in [1.807, 2.05) is 55.5 Å². The summed E-state index contributed by atoms with van der Waals surface area (Å²) in [6.07, 6.45) is 2.21. The third-order valence-corrected chi connectivity index (χ3v) is 21.9. The topological polar surface area (TPSA) is 281 Å². The molecule has 0 spiro atoms. The van der Waals surface area contributed by atoms with E-state index in [1.165, 1.54) is 35.9 Å². The highest BCUT2D eigenvalue weighted by molar-refractivity contribution is 8.00. The molecule has 2 aromatic heterocycles. The number of oxime groups is 1. The molecule has 25 nitrogen and oxygen atoms in total. The van der Waals surface area contributed by atoms with Gasteiger partial charge in [-0.05, 0) is 128 Å². The van der Waals surface area contributed by atoms with Crippen LogP contribution in [-0.2, 0) is 69.5 Å². The fourth-order valence-corrected chi connectivity index (χ4v) is 15.3. The Morgan fingerprint density at radius 3 is 1.89 bits per heavy atom. The van der Waals surface area contributed by atoms with Gasteiger partial charge in [-0.25, -0.2) is 19.4 Å². The molecule has 3 atom stereocenters. The molecule has 3 fully saturated rings. The van der Waals surface area contributed by atoms with Crippen LogP contribution in [0.3, 0.4) is 0 Å². The second-order valence-corrected chi connectivity index (χ2v) is 37.8. The minimum absolute atomic E-state index is 0.0482. The molecule has 4 aromatic carbocycles. The molecule has 10 rings (SSSR count). The highest BCUT2D eigenvalue weighted by atomic mass is 32.2. The van der Waals surface area contributed by atoms with Gasteiger partial charge in [0.05, 0.1) is 51.9 Å². The van der Waals surface area contributed by atoms with E-state index >= 15 is 0 Å². The molecular formula is C74H93N8O17S2Si+. The maximum atomic E-state index is 15.0. The lowest BCUT2D eigenvalue weighted by atomic mass is 9.84. The van der Waals surface area contributed by atoms with Crippen LogP contribution in [0.4, 0.5) is 9.93 Å². The summed E-state index contributed by atoms with van der Waals surface area (Å²) in [5.74, 6) is -0.847. The van der Waals surface area contributed by atoms with Gasteiger partial charge < -0.3 is 67.2 Å². The Labute approximate surface area is 603 Å². The van der Waals surface area contributed by atoms with Crippen molar-refractivity contribution in [1.29, 1.82) is 0 Å². The van der Waals surface area contributed by atoms with Crippen LogP contribution >= 0.6 is 23.1 Å². The molecule has 2 bridgehead atoms. The van der Waals surface area contributed by atoms with Gasteiger partial charge in [-0.15, -0.1) is 23.1 Å². The minimum atomic E-state index is -1.72. The van der Waals surface area contributed by atoms with E-state index < -0.39 is 88.4 Å².